The van der Waals surface area contributed by atoms with Gasteiger partial charge < -0.3 is 4.90 Å². The predicted octanol–water partition coefficient (Wildman–Crippen LogP) is 3.27. The zero-order chi connectivity index (χ0) is 25.2. The van der Waals surface area contributed by atoms with Crippen LogP contribution in [0.25, 0.3) is 0 Å². The molecule has 5 fully saturated rings. The lowest BCUT2D eigenvalue weighted by Gasteiger charge is -2.56. The van der Waals surface area contributed by atoms with E-state index in [1.54, 1.807) is 4.90 Å². The van der Waals surface area contributed by atoms with E-state index in [-0.39, 0.29) is 22.9 Å². The molecule has 1 aromatic carbocycles. The lowest BCUT2D eigenvalue weighted by molar-refractivity contribution is -0.162. The lowest BCUT2D eigenvalue weighted by atomic mass is 9.49. The summed E-state index contributed by atoms with van der Waals surface area (Å²) in [6.45, 7) is 0.306. The molecule has 10 heteroatoms. The van der Waals surface area contributed by atoms with Gasteiger partial charge >= 0.3 is 0 Å². The first kappa shape index (κ1) is 23.8. The molecule has 7 rings (SSSR count). The van der Waals surface area contributed by atoms with Gasteiger partial charge in [-0.05, 0) is 92.0 Å². The monoisotopic (exact) mass is 527 g/mol. The molecule has 2 heterocycles. The summed E-state index contributed by atoms with van der Waals surface area (Å²) in [4.78, 5) is 44.7. The number of rotatable bonds is 6. The average molecular weight is 528 g/mol. The van der Waals surface area contributed by atoms with E-state index in [0.717, 1.165) is 29.0 Å². The number of nitrogens with zero attached hydrogens (tertiary/aromatic N) is 2. The van der Waals surface area contributed by atoms with E-state index < -0.39 is 33.3 Å². The molecular weight excluding hydrogens is 498 g/mol. The Morgan fingerprint density at radius 1 is 1.03 bits per heavy atom. The molecule has 8 nitrogen and oxygen atoms in total. The highest BCUT2D eigenvalue weighted by Gasteiger charge is 2.57. The van der Waals surface area contributed by atoms with Crippen molar-refractivity contribution in [2.75, 3.05) is 4.90 Å². The van der Waals surface area contributed by atoms with Crippen molar-refractivity contribution >= 4 is 44.8 Å². The molecule has 0 radical (unpaired) electrons. The summed E-state index contributed by atoms with van der Waals surface area (Å²) in [6, 6.07) is 8.37. The summed E-state index contributed by atoms with van der Waals surface area (Å²) in [7, 11) is -3.90. The van der Waals surface area contributed by atoms with E-state index in [9.17, 15) is 22.8 Å². The first-order valence-electron chi connectivity index (χ1n) is 12.5. The van der Waals surface area contributed by atoms with Crippen LogP contribution in [0.1, 0.15) is 49.8 Å². The van der Waals surface area contributed by atoms with Gasteiger partial charge in [0.15, 0.2) is 0 Å². The van der Waals surface area contributed by atoms with Crippen molar-refractivity contribution < 1.29 is 22.8 Å². The fraction of sp³-hybridized carbons (Fsp3) is 0.500. The molecular formula is C26H29N3O5S2. The fourth-order valence-corrected chi connectivity index (χ4v) is 8.70. The Hall–Kier alpha value is -2.56. The van der Waals surface area contributed by atoms with Gasteiger partial charge in [0.25, 0.3) is 5.91 Å². The van der Waals surface area contributed by atoms with Crippen LogP contribution >= 0.6 is 11.3 Å². The minimum Gasteiger partial charge on any atom is -0.324 e. The van der Waals surface area contributed by atoms with Crippen molar-refractivity contribution in [3.63, 3.8) is 0 Å². The van der Waals surface area contributed by atoms with Crippen LogP contribution in [-0.2, 0) is 31.0 Å². The van der Waals surface area contributed by atoms with Crippen LogP contribution in [0.3, 0.4) is 0 Å². The fourth-order valence-electron chi connectivity index (χ4n) is 7.49. The minimum atomic E-state index is -3.90. The van der Waals surface area contributed by atoms with Gasteiger partial charge in [-0.15, -0.1) is 11.3 Å². The number of carbonyl (C=O) groups excluding carboxylic acids is 3. The van der Waals surface area contributed by atoms with Gasteiger partial charge in [-0.3, -0.25) is 14.4 Å². The number of benzene rings is 1. The Labute approximate surface area is 214 Å². The number of carbonyl (C=O) groups is 3. The second-order valence-electron chi connectivity index (χ2n) is 11.0. The topological polar surface area (TPSA) is 118 Å². The van der Waals surface area contributed by atoms with Crippen LogP contribution in [0, 0.1) is 23.2 Å². The zero-order valence-corrected chi connectivity index (χ0v) is 21.5. The molecule has 3 amide bonds. The van der Waals surface area contributed by atoms with Crippen LogP contribution in [0.2, 0.25) is 0 Å². The number of anilines is 1. The summed E-state index contributed by atoms with van der Waals surface area (Å²) in [5.41, 5.74) is -0.155. The van der Waals surface area contributed by atoms with Crippen LogP contribution < -0.4 is 10.0 Å². The number of imide groups is 1. The number of thiophene rings is 1. The summed E-state index contributed by atoms with van der Waals surface area (Å²) >= 11 is 1.54. The van der Waals surface area contributed by atoms with E-state index in [0.29, 0.717) is 24.3 Å². The van der Waals surface area contributed by atoms with Gasteiger partial charge in [0.2, 0.25) is 21.8 Å². The molecule has 1 unspecified atom stereocenters. The standard InChI is InChI=1S/C26H29N3O5S2/c27-36(33,34)21-5-3-19(4-6-21)29-23(30)11-22(24(29)31)28(15-20-2-1-7-35-20)25(32)26-12-16-8-17(13-26)10-18(9-16)14-26/h1-7,16-18,22H,8-15H2,(H2,27,33,34). The van der Waals surface area contributed by atoms with E-state index in [1.807, 2.05) is 17.5 Å². The maximum absolute atomic E-state index is 14.3. The molecule has 36 heavy (non-hydrogen) atoms. The average Bonchev–Trinajstić information content (AvgIpc) is 3.43. The van der Waals surface area contributed by atoms with Crippen LogP contribution in [0.4, 0.5) is 5.69 Å². The molecule has 1 atom stereocenters. The summed E-state index contributed by atoms with van der Waals surface area (Å²) in [5.74, 6) is 0.920. The molecule has 1 aromatic heterocycles. The molecule has 4 bridgehead atoms. The summed E-state index contributed by atoms with van der Waals surface area (Å²) < 4.78 is 23.2. The largest absolute Gasteiger partial charge is 0.324 e. The van der Waals surface area contributed by atoms with E-state index in [2.05, 4.69) is 0 Å². The molecule has 4 saturated carbocycles. The van der Waals surface area contributed by atoms with Crippen molar-refractivity contribution in [1.82, 2.24) is 4.90 Å². The Balaban J connectivity index is 1.31. The van der Waals surface area contributed by atoms with E-state index in [1.165, 1.54) is 54.9 Å². The molecule has 4 aliphatic carbocycles. The molecule has 190 valence electrons. The Morgan fingerprint density at radius 3 is 2.17 bits per heavy atom. The van der Waals surface area contributed by atoms with Crippen molar-refractivity contribution in [2.24, 2.45) is 28.3 Å². The smallest absolute Gasteiger partial charge is 0.257 e. The first-order valence-corrected chi connectivity index (χ1v) is 14.9. The normalized spacial score (nSPS) is 31.3. The van der Waals surface area contributed by atoms with Crippen molar-refractivity contribution in [3.05, 3.63) is 46.7 Å². The third kappa shape index (κ3) is 3.99. The number of nitrogens with two attached hydrogens (primary N) is 1. The van der Waals surface area contributed by atoms with Gasteiger partial charge in [0.1, 0.15) is 6.04 Å². The van der Waals surface area contributed by atoms with Gasteiger partial charge in [0.05, 0.1) is 29.0 Å². The van der Waals surface area contributed by atoms with Crippen LogP contribution in [0.5, 0.6) is 0 Å². The van der Waals surface area contributed by atoms with Gasteiger partial charge in [0, 0.05) is 4.88 Å². The molecule has 1 saturated heterocycles. The quantitative estimate of drug-likeness (QED) is 0.579. The van der Waals surface area contributed by atoms with Gasteiger partial charge in [-0.25, -0.2) is 18.5 Å². The highest BCUT2D eigenvalue weighted by atomic mass is 32.2. The Bertz CT molecular complexity index is 1280. The van der Waals surface area contributed by atoms with Gasteiger partial charge in [-0.2, -0.15) is 0 Å². The lowest BCUT2D eigenvalue weighted by Crippen LogP contribution is -2.57. The third-order valence-corrected chi connectivity index (χ3v) is 10.4. The maximum Gasteiger partial charge on any atom is 0.257 e. The predicted molar refractivity (Wildman–Crippen MR) is 134 cm³/mol. The Morgan fingerprint density at radius 2 is 1.64 bits per heavy atom. The van der Waals surface area contributed by atoms with Crippen LogP contribution in [-0.4, -0.2) is 37.1 Å². The summed E-state index contributed by atoms with van der Waals surface area (Å²) in [6.07, 6.45) is 6.19. The second kappa shape index (κ2) is 8.49. The number of amides is 3. The Kier molecular flexibility index (Phi) is 5.62. The molecule has 1 aliphatic heterocycles. The molecule has 2 N–H and O–H groups in total. The molecule has 5 aliphatic rings. The summed E-state index contributed by atoms with van der Waals surface area (Å²) in [5, 5.41) is 7.13. The van der Waals surface area contributed by atoms with Crippen molar-refractivity contribution in [3.8, 4) is 0 Å². The number of sulfonamides is 1. The minimum absolute atomic E-state index is 0.0209. The SMILES string of the molecule is NS(=O)(=O)c1ccc(N2C(=O)CC(N(Cc3cccs3)C(=O)C34CC5CC(CC(C5)C3)C4)C2=O)cc1. The third-order valence-electron chi connectivity index (χ3n) is 8.58. The maximum atomic E-state index is 14.3. The zero-order valence-electron chi connectivity index (χ0n) is 19.8. The van der Waals surface area contributed by atoms with Crippen LogP contribution in [0.15, 0.2) is 46.7 Å². The highest BCUT2D eigenvalue weighted by Crippen LogP contribution is 2.60. The van der Waals surface area contributed by atoms with Crippen molar-refractivity contribution in [1.29, 1.82) is 0 Å². The molecule has 0 spiro atoms. The van der Waals surface area contributed by atoms with E-state index in [4.69, 9.17) is 5.14 Å². The highest BCUT2D eigenvalue weighted by molar-refractivity contribution is 7.89. The number of hydrogen-bond acceptors (Lipinski definition) is 6. The van der Waals surface area contributed by atoms with Gasteiger partial charge in [-0.1, -0.05) is 6.07 Å². The molecule has 2 aromatic rings. The number of hydrogen-bond donors (Lipinski definition) is 1. The van der Waals surface area contributed by atoms with E-state index >= 15 is 0 Å². The second-order valence-corrected chi connectivity index (χ2v) is 13.6. The number of primary sulfonamides is 1. The van der Waals surface area contributed by atoms with Crippen molar-refractivity contribution in [2.45, 2.75) is 62.4 Å². The first-order chi connectivity index (χ1) is 17.1.